The number of nitrogens with one attached hydrogen (secondary N) is 1. The maximum Gasteiger partial charge on any atom is 0.251 e. The normalized spacial score (nSPS) is 10.5. The highest BCUT2D eigenvalue weighted by molar-refractivity contribution is 9.10. The Bertz CT molecular complexity index is 928. The minimum absolute atomic E-state index is 0.144. The minimum Gasteiger partial charge on any atom is -0.490 e. The zero-order valence-electron chi connectivity index (χ0n) is 15.7. The molecule has 3 rings (SSSR count). The Morgan fingerprint density at radius 1 is 0.929 bits per heavy atom. The molecule has 0 bridgehead atoms. The van der Waals surface area contributed by atoms with E-state index in [9.17, 15) is 4.79 Å². The molecule has 0 fully saturated rings. The fourth-order valence-corrected chi connectivity index (χ4v) is 3.13. The number of hydrogen-bond donors (Lipinski definition) is 1. The lowest BCUT2D eigenvalue weighted by atomic mass is 10.0. The van der Waals surface area contributed by atoms with Crippen molar-refractivity contribution in [1.82, 2.24) is 5.32 Å². The van der Waals surface area contributed by atoms with Crippen LogP contribution in [0.1, 0.15) is 15.9 Å². The van der Waals surface area contributed by atoms with Gasteiger partial charge in [-0.25, -0.2) is 0 Å². The lowest BCUT2D eigenvalue weighted by Crippen LogP contribution is -2.22. The van der Waals surface area contributed by atoms with E-state index in [4.69, 9.17) is 9.47 Å². The van der Waals surface area contributed by atoms with E-state index in [0.717, 1.165) is 21.2 Å². The van der Waals surface area contributed by atoms with Crippen LogP contribution in [0.4, 0.5) is 0 Å². The molecule has 5 heteroatoms. The van der Waals surface area contributed by atoms with Crippen LogP contribution in [0.15, 0.2) is 77.3 Å². The molecule has 144 valence electrons. The predicted octanol–water partition coefficient (Wildman–Crippen LogP) is 5.07. The first-order valence-corrected chi connectivity index (χ1v) is 9.80. The molecule has 0 aliphatic heterocycles. The third kappa shape index (κ3) is 5.44. The van der Waals surface area contributed by atoms with Gasteiger partial charge in [-0.15, -0.1) is 0 Å². The average Bonchev–Trinajstić information content (AvgIpc) is 2.74. The fourth-order valence-electron chi connectivity index (χ4n) is 2.77. The summed E-state index contributed by atoms with van der Waals surface area (Å²) in [5, 5.41) is 2.97. The fraction of sp³-hybridized carbons (Fsp3) is 0.174. The average molecular weight is 440 g/mol. The summed E-state index contributed by atoms with van der Waals surface area (Å²) >= 11 is 3.44. The highest BCUT2D eigenvalue weighted by atomic mass is 79.9. The van der Waals surface area contributed by atoms with Crippen LogP contribution >= 0.6 is 15.9 Å². The van der Waals surface area contributed by atoms with E-state index in [-0.39, 0.29) is 5.91 Å². The summed E-state index contributed by atoms with van der Waals surface area (Å²) in [4.78, 5) is 12.6. The quantitative estimate of drug-likeness (QED) is 0.498. The highest BCUT2D eigenvalue weighted by Crippen LogP contribution is 2.26. The van der Waals surface area contributed by atoms with Gasteiger partial charge < -0.3 is 14.8 Å². The second-order valence-corrected chi connectivity index (χ2v) is 7.09. The molecule has 0 unspecified atom stereocenters. The molecule has 0 aliphatic rings. The number of carbonyl (C=O) groups is 1. The number of ether oxygens (including phenoxy) is 2. The molecule has 0 heterocycles. The minimum atomic E-state index is -0.144. The second-order valence-electron chi connectivity index (χ2n) is 6.24. The van der Waals surface area contributed by atoms with Crippen molar-refractivity contribution in [1.29, 1.82) is 0 Å². The summed E-state index contributed by atoms with van der Waals surface area (Å²) in [5.41, 5.74) is 3.88. The highest BCUT2D eigenvalue weighted by Gasteiger charge is 2.10. The first-order chi connectivity index (χ1) is 13.7. The van der Waals surface area contributed by atoms with Crippen molar-refractivity contribution in [2.75, 3.05) is 20.3 Å². The number of methoxy groups -OCH3 is 1. The van der Waals surface area contributed by atoms with Gasteiger partial charge in [0.1, 0.15) is 12.4 Å². The lowest BCUT2D eigenvalue weighted by molar-refractivity contribution is 0.0950. The van der Waals surface area contributed by atoms with Crippen LogP contribution in [0.25, 0.3) is 11.1 Å². The van der Waals surface area contributed by atoms with Crippen LogP contribution in [-0.2, 0) is 11.3 Å². The van der Waals surface area contributed by atoms with Crippen molar-refractivity contribution in [3.63, 3.8) is 0 Å². The van der Waals surface area contributed by atoms with Crippen LogP contribution in [0.3, 0.4) is 0 Å². The smallest absolute Gasteiger partial charge is 0.251 e. The Morgan fingerprint density at radius 3 is 2.50 bits per heavy atom. The van der Waals surface area contributed by atoms with Crippen molar-refractivity contribution in [2.24, 2.45) is 0 Å². The second kappa shape index (κ2) is 10.1. The third-order valence-corrected chi connectivity index (χ3v) is 4.88. The SMILES string of the molecule is COCCOc1cc(C(=O)NCc2cccc(-c3ccccc3)c2)ccc1Br. The maximum atomic E-state index is 12.6. The van der Waals surface area contributed by atoms with Gasteiger partial charge in [-0.2, -0.15) is 0 Å². The van der Waals surface area contributed by atoms with Crippen LogP contribution in [0.2, 0.25) is 0 Å². The van der Waals surface area contributed by atoms with Crippen molar-refractivity contribution in [3.8, 4) is 16.9 Å². The largest absolute Gasteiger partial charge is 0.490 e. The number of benzene rings is 3. The van der Waals surface area contributed by atoms with Gasteiger partial charge in [0, 0.05) is 19.2 Å². The number of hydrogen-bond acceptors (Lipinski definition) is 3. The zero-order chi connectivity index (χ0) is 19.8. The van der Waals surface area contributed by atoms with Gasteiger partial charge in [0.2, 0.25) is 0 Å². The monoisotopic (exact) mass is 439 g/mol. The first kappa shape index (κ1) is 20.1. The van der Waals surface area contributed by atoms with Gasteiger partial charge in [-0.1, -0.05) is 48.5 Å². The Balaban J connectivity index is 1.65. The van der Waals surface area contributed by atoms with E-state index in [2.05, 4.69) is 45.5 Å². The molecule has 0 aliphatic carbocycles. The van der Waals surface area contributed by atoms with E-state index < -0.39 is 0 Å². The van der Waals surface area contributed by atoms with E-state index in [1.54, 1.807) is 19.2 Å². The summed E-state index contributed by atoms with van der Waals surface area (Å²) in [6.07, 6.45) is 0. The molecule has 0 atom stereocenters. The number of amides is 1. The number of halogens is 1. The van der Waals surface area contributed by atoms with Crippen LogP contribution < -0.4 is 10.1 Å². The number of rotatable bonds is 8. The van der Waals surface area contributed by atoms with Crippen LogP contribution in [-0.4, -0.2) is 26.2 Å². The Labute approximate surface area is 173 Å². The molecule has 4 nitrogen and oxygen atoms in total. The molecular weight excluding hydrogens is 418 g/mol. The molecule has 0 radical (unpaired) electrons. The van der Waals surface area contributed by atoms with Crippen LogP contribution in [0, 0.1) is 0 Å². The summed E-state index contributed by atoms with van der Waals surface area (Å²) in [5.74, 6) is 0.477. The van der Waals surface area contributed by atoms with Crippen molar-refractivity contribution in [2.45, 2.75) is 6.54 Å². The van der Waals surface area contributed by atoms with Crippen molar-refractivity contribution in [3.05, 3.63) is 88.4 Å². The zero-order valence-corrected chi connectivity index (χ0v) is 17.2. The van der Waals surface area contributed by atoms with Gasteiger partial charge in [-0.3, -0.25) is 4.79 Å². The Morgan fingerprint density at radius 2 is 1.71 bits per heavy atom. The molecule has 1 N–H and O–H groups in total. The van der Waals surface area contributed by atoms with E-state index >= 15 is 0 Å². The van der Waals surface area contributed by atoms with Crippen LogP contribution in [0.5, 0.6) is 5.75 Å². The number of carbonyl (C=O) groups excluding carboxylic acids is 1. The molecule has 0 saturated carbocycles. The van der Waals surface area contributed by atoms with E-state index in [1.165, 1.54) is 0 Å². The Hall–Kier alpha value is -2.63. The first-order valence-electron chi connectivity index (χ1n) is 9.01. The van der Waals surface area contributed by atoms with Gasteiger partial charge >= 0.3 is 0 Å². The van der Waals surface area contributed by atoms with Crippen molar-refractivity contribution < 1.29 is 14.3 Å². The topological polar surface area (TPSA) is 47.6 Å². The molecule has 0 spiro atoms. The molecule has 0 saturated heterocycles. The summed E-state index contributed by atoms with van der Waals surface area (Å²) in [6, 6.07) is 23.7. The molecule has 3 aromatic rings. The van der Waals surface area contributed by atoms with Gasteiger partial charge in [0.05, 0.1) is 11.1 Å². The standard InChI is InChI=1S/C23H22BrNO3/c1-27-12-13-28-22-15-20(10-11-21(22)24)23(26)25-16-17-6-5-9-19(14-17)18-7-3-2-4-8-18/h2-11,14-15H,12-13,16H2,1H3,(H,25,26). The maximum absolute atomic E-state index is 12.6. The summed E-state index contributed by atoms with van der Waals surface area (Å²) in [7, 11) is 1.62. The summed E-state index contributed by atoms with van der Waals surface area (Å²) < 4.78 is 11.4. The molecule has 28 heavy (non-hydrogen) atoms. The van der Waals surface area contributed by atoms with E-state index in [1.807, 2.05) is 36.4 Å². The molecular formula is C23H22BrNO3. The molecule has 0 aromatic heterocycles. The molecule has 3 aromatic carbocycles. The van der Waals surface area contributed by atoms with E-state index in [0.29, 0.717) is 31.1 Å². The van der Waals surface area contributed by atoms with Crippen molar-refractivity contribution >= 4 is 21.8 Å². The summed E-state index contributed by atoms with van der Waals surface area (Å²) in [6.45, 7) is 1.36. The van der Waals surface area contributed by atoms with Gasteiger partial charge in [0.15, 0.2) is 0 Å². The molecule has 1 amide bonds. The third-order valence-electron chi connectivity index (χ3n) is 4.23. The Kier molecular flexibility index (Phi) is 7.23. The van der Waals surface area contributed by atoms with Gasteiger partial charge in [-0.05, 0) is 56.9 Å². The lowest BCUT2D eigenvalue weighted by Gasteiger charge is -2.11. The predicted molar refractivity (Wildman–Crippen MR) is 115 cm³/mol. The van der Waals surface area contributed by atoms with Gasteiger partial charge in [0.25, 0.3) is 5.91 Å².